The molecule has 0 saturated carbocycles. The average molecular weight is 518 g/mol. The lowest BCUT2D eigenvalue weighted by Crippen LogP contribution is -2.35. The molecule has 0 saturated heterocycles. The van der Waals surface area contributed by atoms with E-state index in [0.29, 0.717) is 11.1 Å². The highest BCUT2D eigenvalue weighted by atomic mass is 19.4. The molecule has 3 rings (SSSR count). The summed E-state index contributed by atoms with van der Waals surface area (Å²) in [5.74, 6) is -0.683. The standard InChI is InChI=1S/C24H26F3N7O3/c1-13(2)32-22-23(36)34(12-20(35)30-10-14-3-5-15(6-4-14)21(29)33-37)19(11-31-22)16-7-17(24(25,26)27)9-18(28)8-16/h3-9,11,13,37H,10,12,28H2,1-2H3,(H2,29,33)(H,30,35)(H,31,32). The number of nitrogens with one attached hydrogen (secondary N) is 2. The van der Waals surface area contributed by atoms with Crippen LogP contribution in [-0.2, 0) is 24.1 Å². The van der Waals surface area contributed by atoms with Crippen molar-refractivity contribution in [1.82, 2.24) is 14.9 Å². The Morgan fingerprint density at radius 1 is 1.19 bits per heavy atom. The second-order valence-corrected chi connectivity index (χ2v) is 8.48. The monoisotopic (exact) mass is 517 g/mol. The van der Waals surface area contributed by atoms with Gasteiger partial charge >= 0.3 is 6.18 Å². The van der Waals surface area contributed by atoms with E-state index in [2.05, 4.69) is 20.8 Å². The Labute approximate surface area is 209 Å². The normalized spacial score (nSPS) is 12.0. The van der Waals surface area contributed by atoms with Gasteiger partial charge in [0.15, 0.2) is 11.7 Å². The molecule has 0 radical (unpaired) electrons. The number of nitrogens with two attached hydrogens (primary N) is 2. The summed E-state index contributed by atoms with van der Waals surface area (Å²) in [4.78, 5) is 30.0. The summed E-state index contributed by atoms with van der Waals surface area (Å²) >= 11 is 0. The number of hydrogen-bond acceptors (Lipinski definition) is 7. The van der Waals surface area contributed by atoms with Crippen LogP contribution in [0.15, 0.2) is 58.6 Å². The number of amides is 1. The van der Waals surface area contributed by atoms with Gasteiger partial charge in [-0.1, -0.05) is 29.4 Å². The first kappa shape index (κ1) is 27.0. The van der Waals surface area contributed by atoms with Crippen molar-refractivity contribution in [2.45, 2.75) is 39.2 Å². The number of carbonyl (C=O) groups excluding carboxylic acids is 1. The molecule has 0 aliphatic carbocycles. The molecule has 196 valence electrons. The predicted octanol–water partition coefficient (Wildman–Crippen LogP) is 2.74. The van der Waals surface area contributed by atoms with Crippen LogP contribution in [0, 0.1) is 0 Å². The fourth-order valence-electron chi connectivity index (χ4n) is 3.46. The zero-order valence-electron chi connectivity index (χ0n) is 20.0. The second-order valence-electron chi connectivity index (χ2n) is 8.48. The molecule has 0 aliphatic rings. The van der Waals surface area contributed by atoms with E-state index in [9.17, 15) is 22.8 Å². The third kappa shape index (κ3) is 6.78. The first-order valence-corrected chi connectivity index (χ1v) is 11.1. The summed E-state index contributed by atoms with van der Waals surface area (Å²) in [5.41, 5.74) is 10.6. The highest BCUT2D eigenvalue weighted by Gasteiger charge is 2.31. The molecule has 37 heavy (non-hydrogen) atoms. The molecule has 7 N–H and O–H groups in total. The van der Waals surface area contributed by atoms with E-state index in [0.717, 1.165) is 16.7 Å². The Morgan fingerprint density at radius 2 is 1.86 bits per heavy atom. The van der Waals surface area contributed by atoms with Gasteiger partial charge in [-0.05, 0) is 37.6 Å². The van der Waals surface area contributed by atoms with Gasteiger partial charge < -0.3 is 27.3 Å². The van der Waals surface area contributed by atoms with E-state index >= 15 is 0 Å². The number of hydrogen-bond donors (Lipinski definition) is 5. The fraction of sp³-hybridized carbons (Fsp3) is 0.250. The second kappa shape index (κ2) is 11.0. The number of alkyl halides is 3. The maximum atomic E-state index is 13.4. The minimum Gasteiger partial charge on any atom is -0.409 e. The number of benzene rings is 2. The van der Waals surface area contributed by atoms with Gasteiger partial charge in [0.2, 0.25) is 5.91 Å². The maximum Gasteiger partial charge on any atom is 0.416 e. The van der Waals surface area contributed by atoms with Gasteiger partial charge in [-0.3, -0.25) is 14.2 Å². The number of oxime groups is 1. The van der Waals surface area contributed by atoms with E-state index in [4.69, 9.17) is 16.7 Å². The molecule has 1 amide bonds. The van der Waals surface area contributed by atoms with Crippen LogP contribution in [0.3, 0.4) is 0 Å². The fourth-order valence-corrected chi connectivity index (χ4v) is 3.46. The number of rotatable bonds is 8. The van der Waals surface area contributed by atoms with Crippen LogP contribution in [0.4, 0.5) is 24.7 Å². The molecule has 10 nitrogen and oxygen atoms in total. The molecule has 0 spiro atoms. The minimum atomic E-state index is -4.66. The molecule has 1 aromatic heterocycles. The maximum absolute atomic E-state index is 13.4. The van der Waals surface area contributed by atoms with E-state index in [1.54, 1.807) is 38.1 Å². The molecule has 3 aromatic rings. The Bertz CT molecular complexity index is 1370. The molecular formula is C24H26F3N7O3. The van der Waals surface area contributed by atoms with Crippen molar-refractivity contribution in [2.75, 3.05) is 11.1 Å². The molecule has 0 atom stereocenters. The molecule has 0 unspecified atom stereocenters. The van der Waals surface area contributed by atoms with Crippen molar-refractivity contribution in [2.24, 2.45) is 10.9 Å². The molecule has 0 aliphatic heterocycles. The van der Waals surface area contributed by atoms with Crippen LogP contribution in [0.1, 0.15) is 30.5 Å². The number of nitrogens with zero attached hydrogens (tertiary/aromatic N) is 3. The van der Waals surface area contributed by atoms with Gasteiger partial charge in [-0.2, -0.15) is 13.2 Å². The summed E-state index contributed by atoms with van der Waals surface area (Å²) in [6.45, 7) is 3.18. The number of halogens is 3. The van der Waals surface area contributed by atoms with Crippen LogP contribution in [0.5, 0.6) is 0 Å². The summed E-state index contributed by atoms with van der Waals surface area (Å²) in [6.07, 6.45) is -3.44. The topological polar surface area (TPSA) is 161 Å². The van der Waals surface area contributed by atoms with Crippen LogP contribution in [0.25, 0.3) is 11.3 Å². The minimum absolute atomic E-state index is 0.00428. The van der Waals surface area contributed by atoms with Gasteiger partial charge in [-0.25, -0.2) is 4.98 Å². The Kier molecular flexibility index (Phi) is 8.05. The highest BCUT2D eigenvalue weighted by Crippen LogP contribution is 2.34. The van der Waals surface area contributed by atoms with Crippen LogP contribution in [0.2, 0.25) is 0 Å². The summed E-state index contributed by atoms with van der Waals surface area (Å²) in [6, 6.07) is 9.27. The van der Waals surface area contributed by atoms with Crippen molar-refractivity contribution in [3.05, 3.63) is 75.7 Å². The van der Waals surface area contributed by atoms with Crippen molar-refractivity contribution in [3.63, 3.8) is 0 Å². The van der Waals surface area contributed by atoms with Gasteiger partial charge in [0.25, 0.3) is 5.56 Å². The van der Waals surface area contributed by atoms with Crippen molar-refractivity contribution < 1.29 is 23.2 Å². The molecule has 2 aromatic carbocycles. The smallest absolute Gasteiger partial charge is 0.409 e. The van der Waals surface area contributed by atoms with Crippen molar-refractivity contribution in [3.8, 4) is 11.3 Å². The molecular weight excluding hydrogens is 491 g/mol. The Hall–Kier alpha value is -4.55. The molecule has 13 heteroatoms. The zero-order chi connectivity index (χ0) is 27.3. The van der Waals surface area contributed by atoms with E-state index in [-0.39, 0.29) is 41.2 Å². The van der Waals surface area contributed by atoms with Gasteiger partial charge in [0.05, 0.1) is 17.5 Å². The number of amidine groups is 1. The van der Waals surface area contributed by atoms with Crippen LogP contribution in [-0.4, -0.2) is 32.5 Å². The number of nitrogen functional groups attached to an aromatic ring is 1. The Balaban J connectivity index is 1.92. The van der Waals surface area contributed by atoms with E-state index in [1.807, 2.05) is 0 Å². The molecule has 1 heterocycles. The summed E-state index contributed by atoms with van der Waals surface area (Å²) in [5, 5.41) is 17.2. The summed E-state index contributed by atoms with van der Waals surface area (Å²) < 4.78 is 41.2. The first-order chi connectivity index (χ1) is 17.4. The highest BCUT2D eigenvalue weighted by molar-refractivity contribution is 5.97. The summed E-state index contributed by atoms with van der Waals surface area (Å²) in [7, 11) is 0. The molecule has 0 fully saturated rings. The SMILES string of the molecule is CC(C)Nc1ncc(-c2cc(N)cc(C(F)(F)F)c2)n(CC(=O)NCc2ccc(/C(N)=N/O)cc2)c1=O. The lowest BCUT2D eigenvalue weighted by molar-refractivity contribution is -0.137. The Morgan fingerprint density at radius 3 is 2.46 bits per heavy atom. The third-order valence-corrected chi connectivity index (χ3v) is 5.21. The van der Waals surface area contributed by atoms with Gasteiger partial charge in [0.1, 0.15) is 6.54 Å². The third-order valence-electron chi connectivity index (χ3n) is 5.21. The lowest BCUT2D eigenvalue weighted by Gasteiger charge is -2.17. The van der Waals surface area contributed by atoms with E-state index in [1.165, 1.54) is 12.3 Å². The van der Waals surface area contributed by atoms with Crippen molar-refractivity contribution in [1.29, 1.82) is 0 Å². The predicted molar refractivity (Wildman–Crippen MR) is 133 cm³/mol. The van der Waals surface area contributed by atoms with Gasteiger partial charge in [-0.15, -0.1) is 0 Å². The zero-order valence-corrected chi connectivity index (χ0v) is 20.0. The lowest BCUT2D eigenvalue weighted by atomic mass is 10.1. The average Bonchev–Trinajstić information content (AvgIpc) is 2.84. The number of anilines is 2. The van der Waals surface area contributed by atoms with Gasteiger partial charge in [0, 0.05) is 29.4 Å². The van der Waals surface area contributed by atoms with Crippen LogP contribution < -0.4 is 27.7 Å². The first-order valence-electron chi connectivity index (χ1n) is 11.1. The quantitative estimate of drug-likeness (QED) is 0.101. The number of carbonyl (C=O) groups is 1. The molecule has 0 bridgehead atoms. The number of aromatic nitrogens is 2. The van der Waals surface area contributed by atoms with Crippen molar-refractivity contribution >= 4 is 23.2 Å². The van der Waals surface area contributed by atoms with E-state index < -0.39 is 29.8 Å². The van der Waals surface area contributed by atoms with Crippen LogP contribution >= 0.6 is 0 Å². The largest absolute Gasteiger partial charge is 0.416 e.